The Morgan fingerprint density at radius 1 is 1.03 bits per heavy atom. The lowest BCUT2D eigenvalue weighted by Crippen LogP contribution is -2.27. The van der Waals surface area contributed by atoms with E-state index in [4.69, 9.17) is 13.9 Å². The van der Waals surface area contributed by atoms with Crippen LogP contribution in [0.5, 0.6) is 0 Å². The molecule has 30 heavy (non-hydrogen) atoms. The van der Waals surface area contributed by atoms with Crippen LogP contribution in [0.15, 0.2) is 69.2 Å². The van der Waals surface area contributed by atoms with E-state index >= 15 is 0 Å². The first kappa shape index (κ1) is 20.9. The van der Waals surface area contributed by atoms with E-state index < -0.39 is 29.3 Å². The molecule has 0 saturated heterocycles. The van der Waals surface area contributed by atoms with Crippen LogP contribution in [0, 0.1) is 0 Å². The van der Waals surface area contributed by atoms with E-state index in [1.165, 1.54) is 35.4 Å². The van der Waals surface area contributed by atoms with Crippen LogP contribution in [0.25, 0.3) is 11.0 Å². The number of esters is 2. The predicted octanol–water partition coefficient (Wildman–Crippen LogP) is 3.30. The molecule has 1 aliphatic rings. The summed E-state index contributed by atoms with van der Waals surface area (Å²) in [5.41, 5.74) is -2.90. The number of rotatable bonds is 3. The summed E-state index contributed by atoms with van der Waals surface area (Å²) >= 11 is 0. The molecule has 2 aromatic rings. The zero-order valence-corrected chi connectivity index (χ0v) is 15.6. The van der Waals surface area contributed by atoms with Crippen LogP contribution >= 0.6 is 0 Å². The third kappa shape index (κ3) is 3.84. The van der Waals surface area contributed by atoms with Gasteiger partial charge in [0.15, 0.2) is 0 Å². The molecule has 0 amide bonds. The molecule has 0 fully saturated rings. The number of alkyl halides is 3. The van der Waals surface area contributed by atoms with Crippen molar-refractivity contribution in [2.45, 2.75) is 6.18 Å². The number of fused-ring (bicyclic) bond motifs is 1. The van der Waals surface area contributed by atoms with Crippen LogP contribution in [-0.4, -0.2) is 26.2 Å². The van der Waals surface area contributed by atoms with Crippen LogP contribution in [0.1, 0.15) is 5.56 Å². The van der Waals surface area contributed by atoms with Crippen molar-refractivity contribution in [1.29, 1.82) is 0 Å². The van der Waals surface area contributed by atoms with Gasteiger partial charge in [-0.25, -0.2) is 14.4 Å². The number of hydrogen-bond acceptors (Lipinski definition) is 7. The van der Waals surface area contributed by atoms with Gasteiger partial charge in [-0.1, -0.05) is 6.08 Å². The summed E-state index contributed by atoms with van der Waals surface area (Å²) in [6, 6.07) is 3.91. The van der Waals surface area contributed by atoms with Gasteiger partial charge < -0.3 is 18.8 Å². The Bertz CT molecular complexity index is 1170. The molecule has 3 rings (SSSR count). The number of methoxy groups -OCH3 is 2. The van der Waals surface area contributed by atoms with E-state index in [0.29, 0.717) is 6.07 Å². The number of benzene rings is 1. The first-order valence-corrected chi connectivity index (χ1v) is 8.37. The second-order valence-electron chi connectivity index (χ2n) is 5.97. The largest absolute Gasteiger partial charge is 0.465 e. The van der Waals surface area contributed by atoms with E-state index in [1.54, 1.807) is 0 Å². The Morgan fingerprint density at radius 3 is 2.37 bits per heavy atom. The van der Waals surface area contributed by atoms with E-state index in [9.17, 15) is 27.6 Å². The number of anilines is 1. The van der Waals surface area contributed by atoms with Crippen molar-refractivity contribution < 1.29 is 36.7 Å². The topological polar surface area (TPSA) is 86.1 Å². The standard InChI is InChI=1S/C20H14F3NO6/c1-28-18(26)13-5-3-4-8-24(17(13)19(27)29-2)11-6-7-12-14(20(21,22)23)10-16(25)30-15(12)9-11/h3-10H,1-2H3. The van der Waals surface area contributed by atoms with Gasteiger partial charge in [0.2, 0.25) is 0 Å². The van der Waals surface area contributed by atoms with E-state index in [0.717, 1.165) is 26.4 Å². The molecular weight excluding hydrogens is 407 g/mol. The second-order valence-corrected chi connectivity index (χ2v) is 5.97. The van der Waals surface area contributed by atoms with Gasteiger partial charge in [-0.2, -0.15) is 13.2 Å². The molecule has 7 nitrogen and oxygen atoms in total. The lowest BCUT2D eigenvalue weighted by atomic mass is 10.1. The summed E-state index contributed by atoms with van der Waals surface area (Å²) in [7, 11) is 2.24. The normalized spacial score (nSPS) is 14.1. The molecule has 0 spiro atoms. The molecule has 156 valence electrons. The van der Waals surface area contributed by atoms with Crippen molar-refractivity contribution in [3.63, 3.8) is 0 Å². The summed E-state index contributed by atoms with van der Waals surface area (Å²) in [6.45, 7) is 0. The summed E-state index contributed by atoms with van der Waals surface area (Å²) in [5.74, 6) is -1.72. The van der Waals surface area contributed by atoms with Crippen molar-refractivity contribution in [2.75, 3.05) is 19.1 Å². The molecule has 0 N–H and O–H groups in total. The SMILES string of the molecule is COC(=O)C1=C(C(=O)OC)N(c2ccc3c(C(F)(F)F)cc(=O)oc3c2)C=CC=C1. The molecule has 1 aromatic carbocycles. The third-order valence-electron chi connectivity index (χ3n) is 4.20. The highest BCUT2D eigenvalue weighted by Crippen LogP contribution is 2.36. The minimum absolute atomic E-state index is 0.139. The number of allylic oxidation sites excluding steroid dienone is 2. The highest BCUT2D eigenvalue weighted by Gasteiger charge is 2.34. The number of carbonyl (C=O) groups excluding carboxylic acids is 2. The van der Waals surface area contributed by atoms with Crippen LogP contribution in [0.3, 0.4) is 0 Å². The lowest BCUT2D eigenvalue weighted by Gasteiger charge is -2.23. The minimum atomic E-state index is -4.77. The fourth-order valence-electron chi connectivity index (χ4n) is 2.90. The molecule has 10 heteroatoms. The highest BCUT2D eigenvalue weighted by molar-refractivity contribution is 6.05. The van der Waals surface area contributed by atoms with Gasteiger partial charge in [-0.3, -0.25) is 0 Å². The number of ether oxygens (including phenoxy) is 2. The average molecular weight is 421 g/mol. The number of hydrogen-bond donors (Lipinski definition) is 0. The number of nitrogens with zero attached hydrogens (tertiary/aromatic N) is 1. The fraction of sp³-hybridized carbons (Fsp3) is 0.150. The lowest BCUT2D eigenvalue weighted by molar-refractivity contribution is -0.139. The Kier molecular flexibility index (Phi) is 5.50. The average Bonchev–Trinajstić information content (AvgIpc) is 2.93. The zero-order chi connectivity index (χ0) is 22.1. The maximum absolute atomic E-state index is 13.3. The molecule has 0 unspecified atom stereocenters. The Morgan fingerprint density at radius 2 is 1.73 bits per heavy atom. The molecule has 0 radical (unpaired) electrons. The van der Waals surface area contributed by atoms with E-state index in [-0.39, 0.29) is 27.9 Å². The monoisotopic (exact) mass is 421 g/mol. The van der Waals surface area contributed by atoms with Crippen LogP contribution < -0.4 is 10.5 Å². The quantitative estimate of drug-likeness (QED) is 0.555. The fourth-order valence-corrected chi connectivity index (χ4v) is 2.90. The van der Waals surface area contributed by atoms with Crippen LogP contribution in [-0.2, 0) is 25.2 Å². The van der Waals surface area contributed by atoms with Crippen molar-refractivity contribution in [3.8, 4) is 0 Å². The molecule has 0 atom stereocenters. The smallest absolute Gasteiger partial charge is 0.417 e. The first-order chi connectivity index (χ1) is 14.2. The number of halogens is 3. The molecule has 1 aromatic heterocycles. The van der Waals surface area contributed by atoms with Crippen molar-refractivity contribution in [2.24, 2.45) is 0 Å². The van der Waals surface area contributed by atoms with Crippen molar-refractivity contribution in [1.82, 2.24) is 0 Å². The van der Waals surface area contributed by atoms with Crippen LogP contribution in [0.4, 0.5) is 18.9 Å². The van der Waals surface area contributed by atoms with Crippen molar-refractivity contribution >= 4 is 28.6 Å². The molecule has 0 aliphatic carbocycles. The van der Waals surface area contributed by atoms with E-state index in [1.807, 2.05) is 0 Å². The summed E-state index contributed by atoms with van der Waals surface area (Å²) in [5, 5.41) is -0.334. The van der Waals surface area contributed by atoms with E-state index in [2.05, 4.69) is 0 Å². The molecule has 0 bridgehead atoms. The molecule has 2 heterocycles. The first-order valence-electron chi connectivity index (χ1n) is 8.37. The molecule has 1 aliphatic heterocycles. The summed E-state index contributed by atoms with van der Waals surface area (Å²) in [6.07, 6.45) is 0.921. The van der Waals surface area contributed by atoms with Gasteiger partial charge in [-0.15, -0.1) is 0 Å². The Balaban J connectivity index is 2.26. The van der Waals surface area contributed by atoms with Gasteiger partial charge in [0, 0.05) is 29.4 Å². The van der Waals surface area contributed by atoms with Gasteiger partial charge in [0.05, 0.1) is 25.4 Å². The van der Waals surface area contributed by atoms with Gasteiger partial charge in [0.25, 0.3) is 0 Å². The second kappa shape index (κ2) is 7.90. The third-order valence-corrected chi connectivity index (χ3v) is 4.20. The van der Waals surface area contributed by atoms with Gasteiger partial charge in [-0.05, 0) is 24.3 Å². The summed E-state index contributed by atoms with van der Waals surface area (Å²) in [4.78, 5) is 37.4. The van der Waals surface area contributed by atoms with Gasteiger partial charge >= 0.3 is 23.7 Å². The Hall–Kier alpha value is -3.82. The summed E-state index contributed by atoms with van der Waals surface area (Å²) < 4.78 is 54.2. The van der Waals surface area contributed by atoms with Crippen LogP contribution in [0.2, 0.25) is 0 Å². The maximum atomic E-state index is 13.3. The maximum Gasteiger partial charge on any atom is 0.417 e. The highest BCUT2D eigenvalue weighted by atomic mass is 19.4. The molecular formula is C20H14F3NO6. The van der Waals surface area contributed by atoms with Gasteiger partial charge in [0.1, 0.15) is 11.3 Å². The minimum Gasteiger partial charge on any atom is -0.465 e. The zero-order valence-electron chi connectivity index (χ0n) is 15.6. The van der Waals surface area contributed by atoms with Crippen molar-refractivity contribution in [3.05, 3.63) is 75.9 Å². The molecule has 0 saturated carbocycles. The number of carbonyl (C=O) groups is 2. The Labute approximate surface area is 167 Å². The predicted molar refractivity (Wildman–Crippen MR) is 99.3 cm³/mol.